The number of carbonyl (C=O) groups excluding carboxylic acids is 1. The summed E-state index contributed by atoms with van der Waals surface area (Å²) in [6.07, 6.45) is 2.66. The lowest BCUT2D eigenvalue weighted by atomic mass is 10.1. The Morgan fingerprint density at radius 1 is 1.43 bits per heavy atom. The van der Waals surface area contributed by atoms with Crippen LogP contribution in [0.5, 0.6) is 0 Å². The molecular formula is C16H22N2O3. The van der Waals surface area contributed by atoms with Crippen LogP contribution in [0.15, 0.2) is 18.2 Å². The van der Waals surface area contributed by atoms with E-state index in [1.165, 1.54) is 11.1 Å². The number of nitrogens with one attached hydrogen (secondary N) is 1. The van der Waals surface area contributed by atoms with E-state index in [0.29, 0.717) is 19.8 Å². The third-order valence-corrected chi connectivity index (χ3v) is 4.41. The maximum Gasteiger partial charge on any atom is 0.322 e. The largest absolute Gasteiger partial charge is 0.388 e. The first-order valence-electron chi connectivity index (χ1n) is 7.65. The van der Waals surface area contributed by atoms with E-state index < -0.39 is 6.10 Å². The fourth-order valence-corrected chi connectivity index (χ4v) is 3.28. The standard InChI is InChI=1S/C16H22N2O3/c1-2-18(14-9-21-10-15(14)19)16(20)17-13-8-4-6-11-5-3-7-12(11)13/h4,6,8,14-15,19H,2-3,5,7,9-10H2,1H3,(H,17,20)/t14-,15-/m0/s1. The minimum atomic E-state index is -0.600. The predicted molar refractivity (Wildman–Crippen MR) is 80.5 cm³/mol. The first kappa shape index (κ1) is 14.4. The number of aliphatic hydroxyl groups excluding tert-OH is 1. The normalized spacial score (nSPS) is 23.9. The second kappa shape index (κ2) is 6.03. The summed E-state index contributed by atoms with van der Waals surface area (Å²) in [6, 6.07) is 5.66. The number of hydrogen-bond acceptors (Lipinski definition) is 3. The fourth-order valence-electron chi connectivity index (χ4n) is 3.28. The molecule has 2 aliphatic rings. The molecule has 1 saturated heterocycles. The lowest BCUT2D eigenvalue weighted by molar-refractivity contribution is 0.1000. The Kier molecular flexibility index (Phi) is 4.12. The molecule has 0 radical (unpaired) electrons. The van der Waals surface area contributed by atoms with Gasteiger partial charge in [-0.2, -0.15) is 0 Å². The molecule has 2 amide bonds. The lowest BCUT2D eigenvalue weighted by Crippen LogP contribution is -2.48. The second-order valence-electron chi connectivity index (χ2n) is 5.69. The number of rotatable bonds is 3. The number of likely N-dealkylation sites (N-methyl/N-ethyl adjacent to an activating group) is 1. The molecule has 5 nitrogen and oxygen atoms in total. The molecule has 1 aromatic rings. The second-order valence-corrected chi connectivity index (χ2v) is 5.69. The van der Waals surface area contributed by atoms with Crippen LogP contribution in [-0.2, 0) is 17.6 Å². The highest BCUT2D eigenvalue weighted by Crippen LogP contribution is 2.29. The SMILES string of the molecule is CCN(C(=O)Nc1cccc2c1CCC2)[C@H]1COC[C@@H]1O. The summed E-state index contributed by atoms with van der Waals surface area (Å²) in [5.74, 6) is 0. The molecule has 1 aliphatic carbocycles. The molecule has 0 saturated carbocycles. The topological polar surface area (TPSA) is 61.8 Å². The summed E-state index contributed by atoms with van der Waals surface area (Å²) >= 11 is 0. The average molecular weight is 290 g/mol. The number of nitrogens with zero attached hydrogens (tertiary/aromatic N) is 1. The predicted octanol–water partition coefficient (Wildman–Crippen LogP) is 1.79. The van der Waals surface area contributed by atoms with Crippen LogP contribution < -0.4 is 5.32 Å². The minimum Gasteiger partial charge on any atom is -0.388 e. The van der Waals surface area contributed by atoms with Gasteiger partial charge in [-0.05, 0) is 43.4 Å². The zero-order valence-corrected chi connectivity index (χ0v) is 12.3. The van der Waals surface area contributed by atoms with Gasteiger partial charge in [0.25, 0.3) is 0 Å². The van der Waals surface area contributed by atoms with Gasteiger partial charge in [0.15, 0.2) is 0 Å². The van der Waals surface area contributed by atoms with Crippen molar-refractivity contribution >= 4 is 11.7 Å². The Balaban J connectivity index is 1.75. The maximum absolute atomic E-state index is 12.5. The van der Waals surface area contributed by atoms with E-state index in [1.807, 2.05) is 19.1 Å². The molecule has 0 spiro atoms. The monoisotopic (exact) mass is 290 g/mol. The highest BCUT2D eigenvalue weighted by molar-refractivity contribution is 5.90. The number of anilines is 1. The Hall–Kier alpha value is -1.59. The molecule has 3 rings (SSSR count). The van der Waals surface area contributed by atoms with Crippen LogP contribution in [0, 0.1) is 0 Å². The number of benzene rings is 1. The maximum atomic E-state index is 12.5. The van der Waals surface area contributed by atoms with E-state index >= 15 is 0 Å². The molecule has 2 N–H and O–H groups in total. The van der Waals surface area contributed by atoms with E-state index in [-0.39, 0.29) is 12.1 Å². The third kappa shape index (κ3) is 2.76. The molecule has 21 heavy (non-hydrogen) atoms. The van der Waals surface area contributed by atoms with Crippen molar-refractivity contribution < 1.29 is 14.6 Å². The molecule has 5 heteroatoms. The summed E-state index contributed by atoms with van der Waals surface area (Å²) < 4.78 is 5.25. The summed E-state index contributed by atoms with van der Waals surface area (Å²) in [6.45, 7) is 3.16. The molecule has 0 unspecified atom stereocenters. The molecule has 1 fully saturated rings. The zero-order valence-electron chi connectivity index (χ0n) is 12.3. The van der Waals surface area contributed by atoms with Gasteiger partial charge in [-0.15, -0.1) is 0 Å². The van der Waals surface area contributed by atoms with E-state index in [0.717, 1.165) is 24.9 Å². The number of ether oxygens (including phenoxy) is 1. The summed E-state index contributed by atoms with van der Waals surface area (Å²) in [5.41, 5.74) is 3.49. The van der Waals surface area contributed by atoms with Gasteiger partial charge in [0.05, 0.1) is 25.4 Å². The molecule has 0 aromatic heterocycles. The van der Waals surface area contributed by atoms with Gasteiger partial charge in [0.2, 0.25) is 0 Å². The van der Waals surface area contributed by atoms with Crippen LogP contribution in [-0.4, -0.2) is 47.9 Å². The van der Waals surface area contributed by atoms with E-state index in [4.69, 9.17) is 4.74 Å². The molecule has 1 heterocycles. The van der Waals surface area contributed by atoms with Gasteiger partial charge >= 0.3 is 6.03 Å². The third-order valence-electron chi connectivity index (χ3n) is 4.41. The number of hydrogen-bond donors (Lipinski definition) is 2. The molecule has 114 valence electrons. The Morgan fingerprint density at radius 3 is 3.00 bits per heavy atom. The molecule has 1 aromatic carbocycles. The number of aryl methyl sites for hydroxylation is 1. The van der Waals surface area contributed by atoms with Gasteiger partial charge in [0, 0.05) is 12.2 Å². The Morgan fingerprint density at radius 2 is 2.29 bits per heavy atom. The quantitative estimate of drug-likeness (QED) is 0.892. The number of aliphatic hydroxyl groups is 1. The number of urea groups is 1. The van der Waals surface area contributed by atoms with Crippen molar-refractivity contribution in [2.45, 2.75) is 38.3 Å². The fraction of sp³-hybridized carbons (Fsp3) is 0.562. The van der Waals surface area contributed by atoms with Crippen LogP contribution in [0.1, 0.15) is 24.5 Å². The van der Waals surface area contributed by atoms with Crippen LogP contribution in [0.3, 0.4) is 0 Å². The highest BCUT2D eigenvalue weighted by atomic mass is 16.5. The molecule has 1 aliphatic heterocycles. The molecular weight excluding hydrogens is 268 g/mol. The smallest absolute Gasteiger partial charge is 0.322 e. The first-order valence-corrected chi connectivity index (χ1v) is 7.65. The van der Waals surface area contributed by atoms with Gasteiger partial charge < -0.3 is 20.1 Å². The van der Waals surface area contributed by atoms with Crippen molar-refractivity contribution in [2.24, 2.45) is 0 Å². The van der Waals surface area contributed by atoms with Crippen LogP contribution in [0.4, 0.5) is 10.5 Å². The van der Waals surface area contributed by atoms with Crippen LogP contribution in [0.25, 0.3) is 0 Å². The van der Waals surface area contributed by atoms with Crippen molar-refractivity contribution in [3.05, 3.63) is 29.3 Å². The number of carbonyl (C=O) groups is 1. The van der Waals surface area contributed by atoms with Crippen molar-refractivity contribution in [3.8, 4) is 0 Å². The van der Waals surface area contributed by atoms with Crippen molar-refractivity contribution in [1.82, 2.24) is 4.90 Å². The molecule has 0 bridgehead atoms. The minimum absolute atomic E-state index is 0.160. The first-order chi connectivity index (χ1) is 10.2. The number of amides is 2. The van der Waals surface area contributed by atoms with Crippen molar-refractivity contribution in [2.75, 3.05) is 25.1 Å². The lowest BCUT2D eigenvalue weighted by Gasteiger charge is -2.29. The van der Waals surface area contributed by atoms with Crippen molar-refractivity contribution in [1.29, 1.82) is 0 Å². The zero-order chi connectivity index (χ0) is 14.8. The average Bonchev–Trinajstić information content (AvgIpc) is 3.10. The number of fused-ring (bicyclic) bond motifs is 1. The van der Waals surface area contributed by atoms with E-state index in [2.05, 4.69) is 11.4 Å². The van der Waals surface area contributed by atoms with Crippen molar-refractivity contribution in [3.63, 3.8) is 0 Å². The van der Waals surface area contributed by atoms with Gasteiger partial charge in [-0.25, -0.2) is 4.79 Å². The highest BCUT2D eigenvalue weighted by Gasteiger charge is 2.34. The molecule has 2 atom stereocenters. The Labute approximate surface area is 124 Å². The van der Waals surface area contributed by atoms with Crippen LogP contribution in [0.2, 0.25) is 0 Å². The Bertz CT molecular complexity index is 532. The summed E-state index contributed by atoms with van der Waals surface area (Å²) in [5, 5.41) is 12.9. The van der Waals surface area contributed by atoms with Crippen LogP contribution >= 0.6 is 0 Å². The van der Waals surface area contributed by atoms with Gasteiger partial charge in [0.1, 0.15) is 0 Å². The summed E-state index contributed by atoms with van der Waals surface area (Å²) in [7, 11) is 0. The summed E-state index contributed by atoms with van der Waals surface area (Å²) in [4.78, 5) is 14.2. The van der Waals surface area contributed by atoms with Gasteiger partial charge in [-0.3, -0.25) is 0 Å². The van der Waals surface area contributed by atoms with Gasteiger partial charge in [-0.1, -0.05) is 12.1 Å². The van der Waals surface area contributed by atoms with E-state index in [9.17, 15) is 9.90 Å². The van der Waals surface area contributed by atoms with E-state index in [1.54, 1.807) is 4.90 Å².